The molecule has 136 valence electrons. The van der Waals surface area contributed by atoms with E-state index in [2.05, 4.69) is 0 Å². The van der Waals surface area contributed by atoms with Gasteiger partial charge in [0, 0.05) is 7.11 Å². The quantitative estimate of drug-likeness (QED) is 0.280. The molecule has 0 spiro atoms. The lowest BCUT2D eigenvalue weighted by molar-refractivity contribution is -0.153. The van der Waals surface area contributed by atoms with Gasteiger partial charge in [-0.05, 0) is 12.8 Å². The van der Waals surface area contributed by atoms with E-state index in [4.69, 9.17) is 20.9 Å². The monoisotopic (exact) mass is 352 g/mol. The first kappa shape index (κ1) is 21.8. The Morgan fingerprint density at radius 3 is 2.04 bits per heavy atom. The van der Waals surface area contributed by atoms with Crippen molar-refractivity contribution in [2.75, 3.05) is 26.1 Å². The number of ether oxygens (including phenoxy) is 2. The molecule has 0 aromatic carbocycles. The summed E-state index contributed by atoms with van der Waals surface area (Å²) in [5, 5.41) is -0.661. The molecule has 0 radical (unpaired) electrons. The Labute approximate surface area is 137 Å². The molecule has 4 N–H and O–H groups in total. The number of esters is 1. The van der Waals surface area contributed by atoms with E-state index in [0.29, 0.717) is 25.7 Å². The fourth-order valence-electron chi connectivity index (χ4n) is 2.16. The first-order chi connectivity index (χ1) is 10.7. The molecule has 0 heterocycles. The highest BCUT2D eigenvalue weighted by Gasteiger charge is 2.47. The Kier molecular flexibility index (Phi) is 9.33. The number of hydrogen-bond acceptors (Lipinski definition) is 7. The molecule has 0 aliphatic carbocycles. The van der Waals surface area contributed by atoms with Crippen LogP contribution in [0.25, 0.3) is 0 Å². The van der Waals surface area contributed by atoms with Crippen LogP contribution < -0.4 is 11.5 Å². The average Bonchev–Trinajstić information content (AvgIpc) is 2.46. The Bertz CT molecular complexity index is 487. The summed E-state index contributed by atoms with van der Waals surface area (Å²) in [7, 11) is -2.38. The van der Waals surface area contributed by atoms with Crippen LogP contribution in [0.5, 0.6) is 0 Å². The number of nitrogens with two attached hydrogens (primary N) is 2. The smallest absolute Gasteiger partial charge is 0.337 e. The molecular weight excluding hydrogens is 324 g/mol. The summed E-state index contributed by atoms with van der Waals surface area (Å²) < 4.78 is 34.6. The summed E-state index contributed by atoms with van der Waals surface area (Å²) in [5.41, 5.74) is 8.49. The minimum atomic E-state index is -3.78. The van der Waals surface area contributed by atoms with Gasteiger partial charge in [0.25, 0.3) is 0 Å². The maximum Gasteiger partial charge on any atom is 0.337 e. The molecule has 0 fully saturated rings. The third kappa shape index (κ3) is 6.44. The number of carbonyl (C=O) groups is 2. The van der Waals surface area contributed by atoms with Gasteiger partial charge < -0.3 is 20.9 Å². The highest BCUT2D eigenvalue weighted by Crippen LogP contribution is 2.20. The summed E-state index contributed by atoms with van der Waals surface area (Å²) in [4.78, 5) is 23.6. The molecule has 0 saturated carbocycles. The average molecular weight is 352 g/mol. The third-order valence-electron chi connectivity index (χ3n) is 3.48. The van der Waals surface area contributed by atoms with Gasteiger partial charge >= 0.3 is 5.97 Å². The van der Waals surface area contributed by atoms with Crippen molar-refractivity contribution in [2.24, 2.45) is 11.5 Å². The number of primary amides is 1. The van der Waals surface area contributed by atoms with Crippen LogP contribution in [0, 0.1) is 0 Å². The molecule has 0 aliphatic heterocycles. The summed E-state index contributed by atoms with van der Waals surface area (Å²) in [6.45, 7) is 3.68. The van der Waals surface area contributed by atoms with E-state index >= 15 is 0 Å². The largest absolute Gasteiger partial charge is 0.461 e. The van der Waals surface area contributed by atoms with Gasteiger partial charge in [-0.25, -0.2) is 13.2 Å². The number of hydrogen-bond donors (Lipinski definition) is 2. The van der Waals surface area contributed by atoms with Gasteiger partial charge in [-0.1, -0.05) is 26.7 Å². The molecule has 0 aromatic heterocycles. The SMILES string of the molecule is CCCC(CCC)S(=O)(=O)C[C@@](N)(C(N)=O)C(=O)OCCOC. The van der Waals surface area contributed by atoms with Crippen LogP contribution in [0.15, 0.2) is 0 Å². The second kappa shape index (κ2) is 9.84. The van der Waals surface area contributed by atoms with Crippen molar-refractivity contribution < 1.29 is 27.5 Å². The van der Waals surface area contributed by atoms with Crippen LogP contribution in [-0.2, 0) is 28.9 Å². The number of sulfone groups is 1. The van der Waals surface area contributed by atoms with Crippen molar-refractivity contribution in [1.29, 1.82) is 0 Å². The lowest BCUT2D eigenvalue weighted by atomic mass is 10.0. The van der Waals surface area contributed by atoms with Crippen molar-refractivity contribution in [3.63, 3.8) is 0 Å². The Morgan fingerprint density at radius 2 is 1.65 bits per heavy atom. The van der Waals surface area contributed by atoms with Gasteiger partial charge in [-0.15, -0.1) is 0 Å². The number of rotatable bonds is 12. The molecule has 23 heavy (non-hydrogen) atoms. The number of amides is 1. The van der Waals surface area contributed by atoms with Gasteiger partial charge in [0.2, 0.25) is 11.4 Å². The van der Waals surface area contributed by atoms with E-state index in [0.717, 1.165) is 0 Å². The molecule has 0 aliphatic rings. The maximum absolute atomic E-state index is 12.5. The predicted octanol–water partition coefficient (Wildman–Crippen LogP) is -0.258. The Morgan fingerprint density at radius 1 is 1.13 bits per heavy atom. The molecule has 1 atom stereocenters. The summed E-state index contributed by atoms with van der Waals surface area (Å²) in [6, 6.07) is 0. The normalized spacial score (nSPS) is 14.5. The van der Waals surface area contributed by atoms with Crippen LogP contribution in [0.2, 0.25) is 0 Å². The minimum Gasteiger partial charge on any atom is -0.461 e. The zero-order valence-electron chi connectivity index (χ0n) is 14.0. The molecule has 9 heteroatoms. The van der Waals surface area contributed by atoms with Crippen LogP contribution in [0.4, 0.5) is 0 Å². The number of carbonyl (C=O) groups excluding carboxylic acids is 2. The van der Waals surface area contributed by atoms with Crippen LogP contribution in [0.3, 0.4) is 0 Å². The van der Waals surface area contributed by atoms with Gasteiger partial charge in [0.1, 0.15) is 6.61 Å². The molecule has 0 unspecified atom stereocenters. The highest BCUT2D eigenvalue weighted by atomic mass is 32.2. The summed E-state index contributed by atoms with van der Waals surface area (Å²) in [6.07, 6.45) is 2.19. The fraction of sp³-hybridized carbons (Fsp3) is 0.857. The van der Waals surface area contributed by atoms with Crippen LogP contribution in [0.1, 0.15) is 39.5 Å². The van der Waals surface area contributed by atoms with Crippen molar-refractivity contribution >= 4 is 21.7 Å². The first-order valence-corrected chi connectivity index (χ1v) is 9.33. The highest BCUT2D eigenvalue weighted by molar-refractivity contribution is 7.92. The summed E-state index contributed by atoms with van der Waals surface area (Å²) in [5.74, 6) is -3.24. The Hall–Kier alpha value is -1.19. The second-order valence-electron chi connectivity index (χ2n) is 5.47. The molecule has 1 amide bonds. The molecule has 0 rings (SSSR count). The van der Waals surface area contributed by atoms with E-state index < -0.39 is 38.3 Å². The molecule has 0 bridgehead atoms. The minimum absolute atomic E-state index is 0.0988. The third-order valence-corrected chi connectivity index (χ3v) is 5.83. The van der Waals surface area contributed by atoms with Gasteiger partial charge in [0.05, 0.1) is 17.6 Å². The van der Waals surface area contributed by atoms with E-state index in [1.54, 1.807) is 0 Å². The lowest BCUT2D eigenvalue weighted by Crippen LogP contribution is -2.63. The van der Waals surface area contributed by atoms with Crippen LogP contribution in [-0.4, -0.2) is 57.2 Å². The zero-order valence-corrected chi connectivity index (χ0v) is 14.9. The molecular formula is C14H28N2O6S. The topological polar surface area (TPSA) is 139 Å². The van der Waals surface area contributed by atoms with E-state index in [1.165, 1.54) is 7.11 Å². The van der Waals surface area contributed by atoms with Crippen molar-refractivity contribution in [3.8, 4) is 0 Å². The number of methoxy groups -OCH3 is 1. The molecule has 8 nitrogen and oxygen atoms in total. The second-order valence-corrected chi connectivity index (χ2v) is 7.75. The lowest BCUT2D eigenvalue weighted by Gasteiger charge is -2.26. The standard InChI is InChI=1S/C14H28N2O6S/c1-4-6-11(7-5-2)23(19,20)10-14(16,12(15)17)13(18)22-9-8-21-3/h11H,4-10,16H2,1-3H3,(H2,15,17)/t14-/m1/s1. The summed E-state index contributed by atoms with van der Waals surface area (Å²) >= 11 is 0. The van der Waals surface area contributed by atoms with Gasteiger partial charge in [0.15, 0.2) is 9.84 Å². The predicted molar refractivity (Wildman–Crippen MR) is 86.3 cm³/mol. The van der Waals surface area contributed by atoms with E-state index in [1.807, 2.05) is 13.8 Å². The van der Waals surface area contributed by atoms with E-state index in [-0.39, 0.29) is 13.2 Å². The first-order valence-electron chi connectivity index (χ1n) is 7.62. The maximum atomic E-state index is 12.5. The van der Waals surface area contributed by atoms with Gasteiger partial charge in [-0.3, -0.25) is 4.79 Å². The zero-order chi connectivity index (χ0) is 18.1. The fourth-order valence-corrected chi connectivity index (χ4v) is 4.48. The van der Waals surface area contributed by atoms with Crippen LogP contribution >= 0.6 is 0 Å². The molecule has 0 aromatic rings. The van der Waals surface area contributed by atoms with Gasteiger partial charge in [-0.2, -0.15) is 0 Å². The Balaban J connectivity index is 5.30. The van der Waals surface area contributed by atoms with Crippen molar-refractivity contribution in [3.05, 3.63) is 0 Å². The van der Waals surface area contributed by atoms with Crippen molar-refractivity contribution in [2.45, 2.75) is 50.3 Å². The van der Waals surface area contributed by atoms with Crippen molar-refractivity contribution in [1.82, 2.24) is 0 Å². The molecule has 0 saturated heterocycles. The van der Waals surface area contributed by atoms with E-state index in [9.17, 15) is 18.0 Å².